The molecule has 0 aliphatic heterocycles. The number of halogens is 1. The quantitative estimate of drug-likeness (QED) is 0.542. The second-order valence-electron chi connectivity index (χ2n) is 8.54. The lowest BCUT2D eigenvalue weighted by Gasteiger charge is -2.22. The normalized spacial score (nSPS) is 15.2. The van der Waals surface area contributed by atoms with Crippen LogP contribution in [-0.2, 0) is 12.8 Å². The highest BCUT2D eigenvalue weighted by Gasteiger charge is 2.18. The van der Waals surface area contributed by atoms with E-state index in [1.165, 1.54) is 43.2 Å². The van der Waals surface area contributed by atoms with Crippen molar-refractivity contribution >= 4 is 0 Å². The number of aliphatic hydroxyl groups excluding tert-OH is 2. The van der Waals surface area contributed by atoms with E-state index in [-0.39, 0.29) is 24.9 Å². The second-order valence-corrected chi connectivity index (χ2v) is 8.54. The van der Waals surface area contributed by atoms with Crippen LogP contribution in [0.3, 0.4) is 0 Å². The standard InChI is InChI=1S/C26H35FO2/c1-2-21-15-19(7-6-8-20(17-28)18-29)11-13-24(21)25-14-12-23(16-26(25)27)22-9-4-3-5-10-22/h11-16,20,22,28-29H,2-10,17-18H2,1H3. The van der Waals surface area contributed by atoms with E-state index in [1.807, 2.05) is 6.07 Å². The van der Waals surface area contributed by atoms with Crippen LogP contribution in [0.15, 0.2) is 36.4 Å². The minimum Gasteiger partial charge on any atom is -0.396 e. The number of rotatable bonds is 9. The van der Waals surface area contributed by atoms with Gasteiger partial charge < -0.3 is 10.2 Å². The zero-order valence-corrected chi connectivity index (χ0v) is 17.7. The van der Waals surface area contributed by atoms with Crippen LogP contribution >= 0.6 is 0 Å². The summed E-state index contributed by atoms with van der Waals surface area (Å²) in [6.07, 6.45) is 9.70. The molecule has 29 heavy (non-hydrogen) atoms. The lowest BCUT2D eigenvalue weighted by molar-refractivity contribution is 0.142. The average Bonchev–Trinajstić information content (AvgIpc) is 2.77. The second kappa shape index (κ2) is 10.9. The van der Waals surface area contributed by atoms with Gasteiger partial charge in [0.05, 0.1) is 0 Å². The summed E-state index contributed by atoms with van der Waals surface area (Å²) in [5.41, 5.74) is 5.26. The summed E-state index contributed by atoms with van der Waals surface area (Å²) < 4.78 is 15.0. The van der Waals surface area contributed by atoms with Crippen molar-refractivity contribution in [3.05, 3.63) is 58.9 Å². The molecule has 158 valence electrons. The topological polar surface area (TPSA) is 40.5 Å². The molecule has 2 aromatic carbocycles. The van der Waals surface area contributed by atoms with Gasteiger partial charge in [-0.15, -0.1) is 0 Å². The number of benzene rings is 2. The first-order valence-corrected chi connectivity index (χ1v) is 11.3. The van der Waals surface area contributed by atoms with E-state index >= 15 is 4.39 Å². The Morgan fingerprint density at radius 1 is 0.966 bits per heavy atom. The van der Waals surface area contributed by atoms with Crippen LogP contribution in [0.25, 0.3) is 11.1 Å². The molecule has 2 nitrogen and oxygen atoms in total. The van der Waals surface area contributed by atoms with Gasteiger partial charge in [0, 0.05) is 24.7 Å². The molecule has 0 aromatic heterocycles. The molecule has 0 heterocycles. The molecule has 3 rings (SSSR count). The highest BCUT2D eigenvalue weighted by molar-refractivity contribution is 5.69. The van der Waals surface area contributed by atoms with E-state index in [0.29, 0.717) is 11.5 Å². The van der Waals surface area contributed by atoms with Gasteiger partial charge >= 0.3 is 0 Å². The molecule has 2 N–H and O–H groups in total. The summed E-state index contributed by atoms with van der Waals surface area (Å²) in [4.78, 5) is 0. The van der Waals surface area contributed by atoms with Crippen molar-refractivity contribution in [3.63, 3.8) is 0 Å². The van der Waals surface area contributed by atoms with Crippen molar-refractivity contribution in [2.45, 2.75) is 70.6 Å². The van der Waals surface area contributed by atoms with Crippen molar-refractivity contribution in [1.29, 1.82) is 0 Å². The summed E-state index contributed by atoms with van der Waals surface area (Å²) in [5, 5.41) is 18.4. The van der Waals surface area contributed by atoms with E-state index in [9.17, 15) is 10.2 Å². The molecule has 0 spiro atoms. The minimum absolute atomic E-state index is 0.0308. The molecule has 1 saturated carbocycles. The molecular weight excluding hydrogens is 363 g/mol. The maximum Gasteiger partial charge on any atom is 0.131 e. The van der Waals surface area contributed by atoms with Crippen LogP contribution in [0.2, 0.25) is 0 Å². The lowest BCUT2D eigenvalue weighted by Crippen LogP contribution is -2.11. The van der Waals surface area contributed by atoms with Gasteiger partial charge in [0.15, 0.2) is 0 Å². The molecule has 1 fully saturated rings. The molecule has 0 unspecified atom stereocenters. The number of aliphatic hydroxyl groups is 2. The summed E-state index contributed by atoms with van der Waals surface area (Å²) in [7, 11) is 0. The van der Waals surface area contributed by atoms with Crippen molar-refractivity contribution in [2.24, 2.45) is 5.92 Å². The summed E-state index contributed by atoms with van der Waals surface area (Å²) in [6.45, 7) is 2.18. The average molecular weight is 399 g/mol. The largest absolute Gasteiger partial charge is 0.396 e. The van der Waals surface area contributed by atoms with E-state index in [4.69, 9.17) is 0 Å². The van der Waals surface area contributed by atoms with E-state index in [0.717, 1.165) is 36.8 Å². The van der Waals surface area contributed by atoms with Crippen LogP contribution < -0.4 is 0 Å². The summed E-state index contributed by atoms with van der Waals surface area (Å²) >= 11 is 0. The number of hydrogen-bond donors (Lipinski definition) is 2. The molecule has 2 aromatic rings. The molecule has 0 amide bonds. The van der Waals surface area contributed by atoms with Gasteiger partial charge in [-0.05, 0) is 72.8 Å². The molecular formula is C26H35FO2. The van der Waals surface area contributed by atoms with Crippen LogP contribution in [0.1, 0.15) is 74.5 Å². The van der Waals surface area contributed by atoms with E-state index < -0.39 is 0 Å². The minimum atomic E-state index is -0.107. The first kappa shape index (κ1) is 22.0. The van der Waals surface area contributed by atoms with Gasteiger partial charge in [0.2, 0.25) is 0 Å². The third-order valence-electron chi connectivity index (χ3n) is 6.50. The van der Waals surface area contributed by atoms with Crippen molar-refractivity contribution < 1.29 is 14.6 Å². The van der Waals surface area contributed by atoms with Crippen molar-refractivity contribution in [3.8, 4) is 11.1 Å². The monoisotopic (exact) mass is 398 g/mol. The van der Waals surface area contributed by atoms with Crippen LogP contribution in [0, 0.1) is 11.7 Å². The Morgan fingerprint density at radius 3 is 2.34 bits per heavy atom. The highest BCUT2D eigenvalue weighted by atomic mass is 19.1. The number of hydrogen-bond acceptors (Lipinski definition) is 2. The van der Waals surface area contributed by atoms with Crippen LogP contribution in [-0.4, -0.2) is 23.4 Å². The Hall–Kier alpha value is -1.71. The van der Waals surface area contributed by atoms with Gasteiger partial charge in [-0.2, -0.15) is 0 Å². The molecule has 0 atom stereocenters. The third-order valence-corrected chi connectivity index (χ3v) is 6.50. The molecule has 3 heteroatoms. The van der Waals surface area contributed by atoms with E-state index in [2.05, 4.69) is 31.2 Å². The predicted molar refractivity (Wildman–Crippen MR) is 118 cm³/mol. The Bertz CT molecular complexity index is 776. The Balaban J connectivity index is 1.74. The van der Waals surface area contributed by atoms with Crippen LogP contribution in [0.4, 0.5) is 4.39 Å². The molecule has 0 saturated heterocycles. The van der Waals surface area contributed by atoms with Gasteiger partial charge in [-0.3, -0.25) is 0 Å². The Labute approximate surface area is 174 Å². The fraction of sp³-hybridized carbons (Fsp3) is 0.538. The summed E-state index contributed by atoms with van der Waals surface area (Å²) in [6, 6.07) is 12.2. The lowest BCUT2D eigenvalue weighted by atomic mass is 9.83. The van der Waals surface area contributed by atoms with Gasteiger partial charge in [-0.25, -0.2) is 4.39 Å². The third kappa shape index (κ3) is 5.67. The van der Waals surface area contributed by atoms with E-state index in [1.54, 1.807) is 6.07 Å². The molecule has 0 bridgehead atoms. The first-order valence-electron chi connectivity index (χ1n) is 11.3. The maximum absolute atomic E-state index is 15.0. The predicted octanol–water partition coefficient (Wildman–Crippen LogP) is 6.03. The zero-order chi connectivity index (χ0) is 20.6. The van der Waals surface area contributed by atoms with Gasteiger partial charge in [-0.1, -0.05) is 56.5 Å². The van der Waals surface area contributed by atoms with Gasteiger partial charge in [0.25, 0.3) is 0 Å². The first-order chi connectivity index (χ1) is 14.2. The highest BCUT2D eigenvalue weighted by Crippen LogP contribution is 2.35. The number of aryl methyl sites for hydroxylation is 2. The molecule has 1 aliphatic rings. The zero-order valence-electron chi connectivity index (χ0n) is 17.7. The maximum atomic E-state index is 15.0. The van der Waals surface area contributed by atoms with Crippen molar-refractivity contribution in [1.82, 2.24) is 0 Å². The Morgan fingerprint density at radius 2 is 1.69 bits per heavy atom. The summed E-state index contributed by atoms with van der Waals surface area (Å²) in [5.74, 6) is 0.378. The molecule has 0 radical (unpaired) electrons. The fourth-order valence-corrected chi connectivity index (χ4v) is 4.63. The van der Waals surface area contributed by atoms with Crippen LogP contribution in [0.5, 0.6) is 0 Å². The smallest absolute Gasteiger partial charge is 0.131 e. The fourth-order valence-electron chi connectivity index (χ4n) is 4.63. The molecule has 1 aliphatic carbocycles. The SMILES string of the molecule is CCc1cc(CCCC(CO)CO)ccc1-c1ccc(C2CCCCC2)cc1F. The van der Waals surface area contributed by atoms with Crippen molar-refractivity contribution in [2.75, 3.05) is 13.2 Å². The van der Waals surface area contributed by atoms with Gasteiger partial charge in [0.1, 0.15) is 5.82 Å². The Kier molecular flexibility index (Phi) is 8.26.